The summed E-state index contributed by atoms with van der Waals surface area (Å²) in [6, 6.07) is 13.6. The minimum Gasteiger partial charge on any atom is -0.490 e. The lowest BCUT2D eigenvalue weighted by atomic mass is 10.1. The van der Waals surface area contributed by atoms with Crippen molar-refractivity contribution in [2.45, 2.75) is 19.8 Å². The molecule has 1 aliphatic rings. The van der Waals surface area contributed by atoms with Gasteiger partial charge in [0.15, 0.2) is 18.1 Å². The van der Waals surface area contributed by atoms with Gasteiger partial charge in [-0.05, 0) is 48.7 Å². The fourth-order valence-electron chi connectivity index (χ4n) is 2.61. The summed E-state index contributed by atoms with van der Waals surface area (Å²) in [5, 5.41) is 2.87. The summed E-state index contributed by atoms with van der Waals surface area (Å²) in [6.45, 7) is 3.91. The van der Waals surface area contributed by atoms with Crippen LogP contribution in [0.5, 0.6) is 17.2 Å². The van der Waals surface area contributed by atoms with Gasteiger partial charge in [-0.1, -0.05) is 18.2 Å². The van der Waals surface area contributed by atoms with Crippen molar-refractivity contribution in [1.29, 1.82) is 0 Å². The molecule has 0 saturated carbocycles. The van der Waals surface area contributed by atoms with Gasteiger partial charge in [0.05, 0.1) is 13.2 Å². The van der Waals surface area contributed by atoms with Gasteiger partial charge in [0, 0.05) is 13.0 Å². The van der Waals surface area contributed by atoms with Crippen LogP contribution in [0.3, 0.4) is 0 Å². The maximum atomic E-state index is 11.9. The Hall–Kier alpha value is -2.69. The highest BCUT2D eigenvalue weighted by molar-refractivity contribution is 5.77. The van der Waals surface area contributed by atoms with Crippen molar-refractivity contribution < 1.29 is 19.0 Å². The summed E-state index contributed by atoms with van der Waals surface area (Å²) < 4.78 is 16.8. The molecule has 2 aromatic carbocycles. The highest BCUT2D eigenvalue weighted by atomic mass is 16.5. The summed E-state index contributed by atoms with van der Waals surface area (Å²) in [5.74, 6) is 2.15. The van der Waals surface area contributed by atoms with Gasteiger partial charge in [-0.15, -0.1) is 0 Å². The lowest BCUT2D eigenvalue weighted by Gasteiger charge is -2.10. The van der Waals surface area contributed by atoms with Crippen LogP contribution in [-0.2, 0) is 11.2 Å². The predicted molar refractivity (Wildman–Crippen MR) is 95.4 cm³/mol. The first-order valence-electron chi connectivity index (χ1n) is 8.55. The summed E-state index contributed by atoms with van der Waals surface area (Å²) in [7, 11) is 0. The molecular weight excluding hydrogens is 318 g/mol. The minimum atomic E-state index is -0.129. The van der Waals surface area contributed by atoms with E-state index in [1.807, 2.05) is 49.4 Å². The number of hydrogen-bond donors (Lipinski definition) is 1. The van der Waals surface area contributed by atoms with Crippen LogP contribution in [0.1, 0.15) is 17.5 Å². The number of fused-ring (bicyclic) bond motifs is 1. The van der Waals surface area contributed by atoms with Gasteiger partial charge in [-0.2, -0.15) is 0 Å². The average molecular weight is 341 g/mol. The van der Waals surface area contributed by atoms with E-state index in [0.717, 1.165) is 35.5 Å². The van der Waals surface area contributed by atoms with E-state index in [4.69, 9.17) is 14.2 Å². The van der Waals surface area contributed by atoms with Crippen molar-refractivity contribution in [3.05, 3.63) is 53.6 Å². The first kappa shape index (κ1) is 17.1. The molecule has 3 rings (SSSR count). The van der Waals surface area contributed by atoms with Crippen LogP contribution < -0.4 is 19.5 Å². The van der Waals surface area contributed by atoms with Crippen molar-refractivity contribution >= 4 is 5.91 Å². The molecule has 1 heterocycles. The fourth-order valence-corrected chi connectivity index (χ4v) is 2.61. The third-order valence-electron chi connectivity index (χ3n) is 3.91. The Labute approximate surface area is 147 Å². The van der Waals surface area contributed by atoms with E-state index in [1.165, 1.54) is 0 Å². The summed E-state index contributed by atoms with van der Waals surface area (Å²) >= 11 is 0. The van der Waals surface area contributed by atoms with Gasteiger partial charge in [0.2, 0.25) is 0 Å². The second-order valence-electron chi connectivity index (χ2n) is 6.04. The maximum Gasteiger partial charge on any atom is 0.257 e. The molecule has 0 radical (unpaired) electrons. The number of hydrogen-bond acceptors (Lipinski definition) is 4. The van der Waals surface area contributed by atoms with Crippen LogP contribution >= 0.6 is 0 Å². The van der Waals surface area contributed by atoms with Gasteiger partial charge >= 0.3 is 0 Å². The van der Waals surface area contributed by atoms with Crippen LogP contribution in [0.25, 0.3) is 0 Å². The van der Waals surface area contributed by atoms with Crippen molar-refractivity contribution in [2.75, 3.05) is 26.4 Å². The van der Waals surface area contributed by atoms with Gasteiger partial charge < -0.3 is 19.5 Å². The molecular formula is C20H23NO4. The van der Waals surface area contributed by atoms with E-state index in [1.54, 1.807) is 0 Å². The Kier molecular flexibility index (Phi) is 5.77. The monoisotopic (exact) mass is 341 g/mol. The molecule has 1 aliphatic heterocycles. The molecule has 0 atom stereocenters. The lowest BCUT2D eigenvalue weighted by molar-refractivity contribution is -0.123. The van der Waals surface area contributed by atoms with Crippen LogP contribution in [0.15, 0.2) is 42.5 Å². The molecule has 0 fully saturated rings. The largest absolute Gasteiger partial charge is 0.490 e. The Morgan fingerprint density at radius 1 is 1.12 bits per heavy atom. The molecule has 1 amide bonds. The normalized spacial score (nSPS) is 13.0. The number of aryl methyl sites for hydroxylation is 1. The molecule has 0 saturated heterocycles. The van der Waals surface area contributed by atoms with Crippen LogP contribution in [0, 0.1) is 6.92 Å². The Balaban J connectivity index is 1.43. The number of rotatable bonds is 6. The molecule has 0 aliphatic carbocycles. The third-order valence-corrected chi connectivity index (χ3v) is 3.91. The number of carbonyl (C=O) groups excluding carboxylic acids is 1. The molecule has 5 heteroatoms. The average Bonchev–Trinajstić information content (AvgIpc) is 2.85. The van der Waals surface area contributed by atoms with E-state index in [-0.39, 0.29) is 12.5 Å². The highest BCUT2D eigenvalue weighted by Crippen LogP contribution is 2.30. The number of ether oxygens (including phenoxy) is 3. The van der Waals surface area contributed by atoms with Crippen molar-refractivity contribution in [3.63, 3.8) is 0 Å². The molecule has 25 heavy (non-hydrogen) atoms. The zero-order valence-electron chi connectivity index (χ0n) is 14.4. The Morgan fingerprint density at radius 2 is 1.96 bits per heavy atom. The van der Waals surface area contributed by atoms with E-state index in [2.05, 4.69) is 5.32 Å². The first-order valence-corrected chi connectivity index (χ1v) is 8.55. The Morgan fingerprint density at radius 3 is 2.80 bits per heavy atom. The predicted octanol–water partition coefficient (Wildman–Crippen LogP) is 2.89. The van der Waals surface area contributed by atoms with Crippen molar-refractivity contribution in [3.8, 4) is 17.2 Å². The molecule has 132 valence electrons. The van der Waals surface area contributed by atoms with E-state index < -0.39 is 0 Å². The second kappa shape index (κ2) is 8.42. The summed E-state index contributed by atoms with van der Waals surface area (Å²) in [5.41, 5.74) is 2.21. The summed E-state index contributed by atoms with van der Waals surface area (Å²) in [4.78, 5) is 11.9. The molecule has 0 spiro atoms. The van der Waals surface area contributed by atoms with E-state index in [9.17, 15) is 4.79 Å². The highest BCUT2D eigenvalue weighted by Gasteiger charge is 2.10. The zero-order chi connectivity index (χ0) is 17.5. The molecule has 0 aromatic heterocycles. The molecule has 0 unspecified atom stereocenters. The number of nitrogens with one attached hydrogen (secondary N) is 1. The van der Waals surface area contributed by atoms with E-state index in [0.29, 0.717) is 25.5 Å². The van der Waals surface area contributed by atoms with Gasteiger partial charge in [0.1, 0.15) is 5.75 Å². The Bertz CT molecular complexity index is 729. The van der Waals surface area contributed by atoms with Crippen LogP contribution in [-0.4, -0.2) is 32.3 Å². The smallest absolute Gasteiger partial charge is 0.257 e. The summed E-state index contributed by atoms with van der Waals surface area (Å²) in [6.07, 6.45) is 1.62. The maximum absolute atomic E-state index is 11.9. The standard InChI is InChI=1S/C20H23NO4/c1-15-4-2-5-17(12-15)25-14-20(22)21-9-8-16-6-7-18-19(13-16)24-11-3-10-23-18/h2,4-7,12-13H,3,8-11,14H2,1H3,(H,21,22). The molecule has 2 aromatic rings. The van der Waals surface area contributed by atoms with E-state index >= 15 is 0 Å². The van der Waals surface area contributed by atoms with Gasteiger partial charge in [0.25, 0.3) is 5.91 Å². The fraction of sp³-hybridized carbons (Fsp3) is 0.350. The second-order valence-corrected chi connectivity index (χ2v) is 6.04. The molecule has 5 nitrogen and oxygen atoms in total. The van der Waals surface area contributed by atoms with Crippen LogP contribution in [0.4, 0.5) is 0 Å². The number of amides is 1. The van der Waals surface area contributed by atoms with Gasteiger partial charge in [-0.3, -0.25) is 4.79 Å². The number of carbonyl (C=O) groups is 1. The van der Waals surface area contributed by atoms with Crippen LogP contribution in [0.2, 0.25) is 0 Å². The van der Waals surface area contributed by atoms with Crippen molar-refractivity contribution in [2.24, 2.45) is 0 Å². The zero-order valence-corrected chi connectivity index (χ0v) is 14.4. The topological polar surface area (TPSA) is 56.8 Å². The first-order chi connectivity index (χ1) is 12.2. The molecule has 1 N–H and O–H groups in total. The quantitative estimate of drug-likeness (QED) is 0.878. The number of benzene rings is 2. The van der Waals surface area contributed by atoms with Crippen molar-refractivity contribution in [1.82, 2.24) is 5.32 Å². The van der Waals surface area contributed by atoms with Gasteiger partial charge in [-0.25, -0.2) is 0 Å². The lowest BCUT2D eigenvalue weighted by Crippen LogP contribution is -2.30. The minimum absolute atomic E-state index is 0.0184. The SMILES string of the molecule is Cc1cccc(OCC(=O)NCCc2ccc3c(c2)OCCCO3)c1. The third kappa shape index (κ3) is 5.14. The molecule has 0 bridgehead atoms.